The molecule has 6 nitrogen and oxygen atoms in total. The van der Waals surface area contributed by atoms with E-state index in [2.05, 4.69) is 5.32 Å². The minimum absolute atomic E-state index is 0.0537. The summed E-state index contributed by atoms with van der Waals surface area (Å²) in [6, 6.07) is 16.7. The van der Waals surface area contributed by atoms with Gasteiger partial charge in [0.2, 0.25) is 10.0 Å². The molecule has 0 aliphatic carbocycles. The first kappa shape index (κ1) is 19.2. The number of sulfonamides is 1. The highest BCUT2D eigenvalue weighted by molar-refractivity contribution is 7.89. The minimum atomic E-state index is -3.70. The molecule has 8 heteroatoms. The van der Waals surface area contributed by atoms with Gasteiger partial charge in [-0.2, -0.15) is 0 Å². The molecule has 140 valence electrons. The predicted molar refractivity (Wildman–Crippen MR) is 103 cm³/mol. The van der Waals surface area contributed by atoms with Crippen LogP contribution in [0.5, 0.6) is 0 Å². The van der Waals surface area contributed by atoms with Crippen molar-refractivity contribution in [1.82, 2.24) is 5.32 Å². The smallest absolute Gasteiger partial charge is 0.287 e. The van der Waals surface area contributed by atoms with E-state index in [4.69, 9.17) is 21.2 Å². The van der Waals surface area contributed by atoms with Crippen LogP contribution in [0.25, 0.3) is 11.3 Å². The second-order valence-corrected chi connectivity index (χ2v) is 7.81. The summed E-state index contributed by atoms with van der Waals surface area (Å²) in [7, 11) is -3.70. The Bertz CT molecular complexity index is 1060. The standard InChI is InChI=1S/C19H17ClN2O4S/c20-16-4-2-1-3-15(16)17-9-10-18(26-17)19(23)22-12-11-13-5-7-14(8-6-13)27(21,24)25/h1-10H,11-12H2,(H,22,23)(H2,21,24,25). The van der Waals surface area contributed by atoms with Crippen LogP contribution < -0.4 is 10.5 Å². The largest absolute Gasteiger partial charge is 0.451 e. The third kappa shape index (κ3) is 4.77. The highest BCUT2D eigenvalue weighted by Crippen LogP contribution is 2.28. The summed E-state index contributed by atoms with van der Waals surface area (Å²) >= 11 is 6.13. The number of carbonyl (C=O) groups is 1. The van der Waals surface area contributed by atoms with Gasteiger partial charge in [-0.3, -0.25) is 4.79 Å². The average Bonchev–Trinajstić information content (AvgIpc) is 3.12. The fourth-order valence-corrected chi connectivity index (χ4v) is 3.26. The molecule has 0 radical (unpaired) electrons. The molecule has 0 bridgehead atoms. The summed E-state index contributed by atoms with van der Waals surface area (Å²) in [4.78, 5) is 12.3. The highest BCUT2D eigenvalue weighted by Gasteiger charge is 2.13. The van der Waals surface area contributed by atoms with E-state index in [-0.39, 0.29) is 16.6 Å². The number of hydrogen-bond acceptors (Lipinski definition) is 4. The Morgan fingerprint density at radius 3 is 2.41 bits per heavy atom. The lowest BCUT2D eigenvalue weighted by atomic mass is 10.1. The lowest BCUT2D eigenvalue weighted by Crippen LogP contribution is -2.25. The zero-order valence-corrected chi connectivity index (χ0v) is 15.8. The van der Waals surface area contributed by atoms with Crippen LogP contribution in [0.15, 0.2) is 70.0 Å². The second-order valence-electron chi connectivity index (χ2n) is 5.84. The summed E-state index contributed by atoms with van der Waals surface area (Å²) in [5.41, 5.74) is 1.59. The molecule has 3 aromatic rings. The van der Waals surface area contributed by atoms with Gasteiger partial charge in [-0.1, -0.05) is 35.9 Å². The van der Waals surface area contributed by atoms with Crippen molar-refractivity contribution in [1.29, 1.82) is 0 Å². The molecule has 3 N–H and O–H groups in total. The Morgan fingerprint density at radius 2 is 1.74 bits per heavy atom. The molecule has 0 atom stereocenters. The first-order valence-electron chi connectivity index (χ1n) is 8.09. The molecule has 0 aliphatic rings. The van der Waals surface area contributed by atoms with Gasteiger partial charge in [0.1, 0.15) is 5.76 Å². The average molecular weight is 405 g/mol. The van der Waals surface area contributed by atoms with Crippen LogP contribution in [0.1, 0.15) is 16.1 Å². The molecule has 1 amide bonds. The zero-order valence-electron chi connectivity index (χ0n) is 14.2. The van der Waals surface area contributed by atoms with Gasteiger partial charge in [0, 0.05) is 12.1 Å². The summed E-state index contributed by atoms with van der Waals surface area (Å²) in [5, 5.41) is 8.37. The number of carbonyl (C=O) groups excluding carboxylic acids is 1. The van der Waals surface area contributed by atoms with Gasteiger partial charge in [-0.05, 0) is 48.4 Å². The van der Waals surface area contributed by atoms with E-state index in [1.54, 1.807) is 30.3 Å². The number of benzene rings is 2. The topological polar surface area (TPSA) is 102 Å². The molecule has 0 spiro atoms. The Morgan fingerprint density at radius 1 is 1.04 bits per heavy atom. The van der Waals surface area contributed by atoms with Gasteiger partial charge < -0.3 is 9.73 Å². The van der Waals surface area contributed by atoms with Crippen molar-refractivity contribution in [2.24, 2.45) is 5.14 Å². The highest BCUT2D eigenvalue weighted by atomic mass is 35.5. The monoisotopic (exact) mass is 404 g/mol. The number of nitrogens with two attached hydrogens (primary N) is 1. The molecule has 0 saturated heterocycles. The molecular weight excluding hydrogens is 388 g/mol. The van der Waals surface area contributed by atoms with Gasteiger partial charge in [0.25, 0.3) is 5.91 Å². The van der Waals surface area contributed by atoms with Crippen LogP contribution in [0, 0.1) is 0 Å². The van der Waals surface area contributed by atoms with E-state index in [1.807, 2.05) is 18.2 Å². The fourth-order valence-electron chi connectivity index (χ4n) is 2.52. The molecule has 0 fully saturated rings. The normalized spacial score (nSPS) is 11.3. The van der Waals surface area contributed by atoms with Crippen molar-refractivity contribution in [2.75, 3.05) is 6.54 Å². The van der Waals surface area contributed by atoms with Crippen molar-refractivity contribution >= 4 is 27.5 Å². The maximum absolute atomic E-state index is 12.2. The summed E-state index contributed by atoms with van der Waals surface area (Å²) in [6.07, 6.45) is 0.536. The van der Waals surface area contributed by atoms with Crippen LogP contribution >= 0.6 is 11.6 Å². The Labute approximate surface area is 162 Å². The number of furan rings is 1. The van der Waals surface area contributed by atoms with Crippen LogP contribution in [0.4, 0.5) is 0 Å². The van der Waals surface area contributed by atoms with Gasteiger partial charge >= 0.3 is 0 Å². The van der Waals surface area contributed by atoms with E-state index in [0.717, 1.165) is 5.56 Å². The number of amides is 1. The Hall–Kier alpha value is -2.61. The Kier molecular flexibility index (Phi) is 5.65. The first-order chi connectivity index (χ1) is 12.8. The third-order valence-corrected chi connectivity index (χ3v) is 5.18. The molecule has 27 heavy (non-hydrogen) atoms. The molecule has 2 aromatic carbocycles. The van der Waals surface area contributed by atoms with Crippen LogP contribution in [0.2, 0.25) is 5.02 Å². The molecule has 3 rings (SSSR count). The van der Waals surface area contributed by atoms with E-state index in [0.29, 0.717) is 29.3 Å². The Balaban J connectivity index is 1.58. The maximum atomic E-state index is 12.2. The van der Waals surface area contributed by atoms with E-state index in [1.165, 1.54) is 12.1 Å². The third-order valence-electron chi connectivity index (χ3n) is 3.92. The van der Waals surface area contributed by atoms with Crippen molar-refractivity contribution in [3.05, 3.63) is 77.0 Å². The molecule has 0 aliphatic heterocycles. The van der Waals surface area contributed by atoms with Crippen LogP contribution in [0.3, 0.4) is 0 Å². The summed E-state index contributed by atoms with van der Waals surface area (Å²) < 4.78 is 28.1. The van der Waals surface area contributed by atoms with Gasteiger partial charge in [0.15, 0.2) is 5.76 Å². The van der Waals surface area contributed by atoms with Crippen molar-refractivity contribution in [3.63, 3.8) is 0 Å². The van der Waals surface area contributed by atoms with Gasteiger partial charge in [-0.15, -0.1) is 0 Å². The maximum Gasteiger partial charge on any atom is 0.287 e. The number of rotatable bonds is 6. The van der Waals surface area contributed by atoms with Gasteiger partial charge in [-0.25, -0.2) is 13.6 Å². The molecule has 0 saturated carbocycles. The molecule has 1 aromatic heterocycles. The quantitative estimate of drug-likeness (QED) is 0.658. The van der Waals surface area contributed by atoms with Crippen molar-refractivity contribution in [3.8, 4) is 11.3 Å². The minimum Gasteiger partial charge on any atom is -0.451 e. The zero-order chi connectivity index (χ0) is 19.4. The van der Waals surface area contributed by atoms with Crippen molar-refractivity contribution in [2.45, 2.75) is 11.3 Å². The number of hydrogen-bond donors (Lipinski definition) is 2. The van der Waals surface area contributed by atoms with E-state index >= 15 is 0 Å². The number of halogens is 1. The molecule has 0 unspecified atom stereocenters. The van der Waals surface area contributed by atoms with Crippen molar-refractivity contribution < 1.29 is 17.6 Å². The SMILES string of the molecule is NS(=O)(=O)c1ccc(CCNC(=O)c2ccc(-c3ccccc3Cl)o2)cc1. The summed E-state index contributed by atoms with van der Waals surface area (Å²) in [5.74, 6) is 0.369. The lowest BCUT2D eigenvalue weighted by Gasteiger charge is -2.05. The van der Waals surface area contributed by atoms with E-state index in [9.17, 15) is 13.2 Å². The lowest BCUT2D eigenvalue weighted by molar-refractivity contribution is 0.0927. The van der Waals surface area contributed by atoms with E-state index < -0.39 is 10.0 Å². The second kappa shape index (κ2) is 7.96. The van der Waals surface area contributed by atoms with Gasteiger partial charge in [0.05, 0.1) is 9.92 Å². The summed E-state index contributed by atoms with van der Waals surface area (Å²) in [6.45, 7) is 0.371. The first-order valence-corrected chi connectivity index (χ1v) is 10.0. The number of primary sulfonamides is 1. The van der Waals surface area contributed by atoms with Crippen LogP contribution in [-0.4, -0.2) is 20.9 Å². The van der Waals surface area contributed by atoms with Crippen LogP contribution in [-0.2, 0) is 16.4 Å². The molecular formula is C19H17ClN2O4S. The fraction of sp³-hybridized carbons (Fsp3) is 0.105. The molecule has 1 heterocycles. The number of nitrogens with one attached hydrogen (secondary N) is 1. The predicted octanol–water partition coefficient (Wildman–Crippen LogP) is 3.22.